The third kappa shape index (κ3) is 3.01. The zero-order valence-corrected chi connectivity index (χ0v) is 12.9. The van der Waals surface area contributed by atoms with Gasteiger partial charge in [-0.2, -0.15) is 0 Å². The number of nitrogens with one attached hydrogen (secondary N) is 1. The molecule has 1 aliphatic carbocycles. The Morgan fingerprint density at radius 1 is 0.870 bits per heavy atom. The summed E-state index contributed by atoms with van der Waals surface area (Å²) in [5.74, 6) is 0.281. The SMILES string of the molecule is Fc1ccc(C(c2ccc(F)cc2)N2CNCC2C2CC2)cc1. The Kier molecular flexibility index (Phi) is 3.87. The van der Waals surface area contributed by atoms with Crippen LogP contribution in [-0.2, 0) is 0 Å². The van der Waals surface area contributed by atoms with Crippen molar-refractivity contribution in [2.24, 2.45) is 5.92 Å². The summed E-state index contributed by atoms with van der Waals surface area (Å²) in [5.41, 5.74) is 2.10. The Hall–Kier alpha value is -1.78. The van der Waals surface area contributed by atoms with Crippen molar-refractivity contribution in [2.75, 3.05) is 13.2 Å². The number of halogens is 2. The van der Waals surface area contributed by atoms with E-state index in [4.69, 9.17) is 0 Å². The smallest absolute Gasteiger partial charge is 0.123 e. The van der Waals surface area contributed by atoms with Crippen LogP contribution >= 0.6 is 0 Å². The average Bonchev–Trinajstić information content (AvgIpc) is 3.30. The van der Waals surface area contributed by atoms with Crippen LogP contribution in [0, 0.1) is 17.6 Å². The van der Waals surface area contributed by atoms with Crippen molar-refractivity contribution in [2.45, 2.75) is 24.9 Å². The lowest BCUT2D eigenvalue weighted by Crippen LogP contribution is -2.36. The molecule has 0 amide bonds. The predicted molar refractivity (Wildman–Crippen MR) is 85.9 cm³/mol. The molecule has 120 valence electrons. The topological polar surface area (TPSA) is 15.3 Å². The van der Waals surface area contributed by atoms with Crippen LogP contribution in [0.3, 0.4) is 0 Å². The van der Waals surface area contributed by atoms with Crippen LogP contribution in [0.1, 0.15) is 30.0 Å². The third-order valence-corrected chi connectivity index (χ3v) is 4.94. The van der Waals surface area contributed by atoms with Gasteiger partial charge in [0.2, 0.25) is 0 Å². The molecule has 4 heteroatoms. The highest BCUT2D eigenvalue weighted by molar-refractivity contribution is 5.33. The zero-order chi connectivity index (χ0) is 15.8. The summed E-state index contributed by atoms with van der Waals surface area (Å²) in [4.78, 5) is 2.44. The van der Waals surface area contributed by atoms with Gasteiger partial charge in [-0.05, 0) is 54.2 Å². The first-order chi connectivity index (χ1) is 11.2. The number of nitrogens with zero attached hydrogens (tertiary/aromatic N) is 1. The van der Waals surface area contributed by atoms with Crippen LogP contribution in [-0.4, -0.2) is 24.2 Å². The van der Waals surface area contributed by atoms with Gasteiger partial charge in [-0.3, -0.25) is 4.90 Å². The summed E-state index contributed by atoms with van der Waals surface area (Å²) < 4.78 is 26.6. The molecule has 2 fully saturated rings. The molecular weight excluding hydrogens is 294 g/mol. The van der Waals surface area contributed by atoms with Crippen LogP contribution in [0.2, 0.25) is 0 Å². The highest BCUT2D eigenvalue weighted by Crippen LogP contribution is 2.41. The molecule has 0 spiro atoms. The Balaban J connectivity index is 1.73. The van der Waals surface area contributed by atoms with E-state index in [0.717, 1.165) is 30.3 Å². The Morgan fingerprint density at radius 3 is 1.87 bits per heavy atom. The van der Waals surface area contributed by atoms with Gasteiger partial charge in [-0.25, -0.2) is 8.78 Å². The van der Waals surface area contributed by atoms with Crippen molar-refractivity contribution in [1.82, 2.24) is 10.2 Å². The fraction of sp³-hybridized carbons (Fsp3) is 0.368. The number of hydrogen-bond acceptors (Lipinski definition) is 2. The van der Waals surface area contributed by atoms with Crippen LogP contribution < -0.4 is 5.32 Å². The van der Waals surface area contributed by atoms with Crippen molar-refractivity contribution in [1.29, 1.82) is 0 Å². The quantitative estimate of drug-likeness (QED) is 0.926. The van der Waals surface area contributed by atoms with E-state index in [0.29, 0.717) is 6.04 Å². The summed E-state index contributed by atoms with van der Waals surface area (Å²) in [6.45, 7) is 1.80. The highest BCUT2D eigenvalue weighted by Gasteiger charge is 2.41. The van der Waals surface area contributed by atoms with Crippen molar-refractivity contribution in [3.63, 3.8) is 0 Å². The maximum Gasteiger partial charge on any atom is 0.123 e. The fourth-order valence-electron chi connectivity index (χ4n) is 3.64. The second kappa shape index (κ2) is 6.02. The number of rotatable bonds is 4. The summed E-state index contributed by atoms with van der Waals surface area (Å²) in [5, 5.41) is 3.46. The van der Waals surface area contributed by atoms with Crippen LogP contribution in [0.4, 0.5) is 8.78 Å². The van der Waals surface area contributed by atoms with E-state index in [1.807, 2.05) is 24.3 Å². The van der Waals surface area contributed by atoms with Crippen molar-refractivity contribution in [3.8, 4) is 0 Å². The normalized spacial score (nSPS) is 22.0. The molecule has 2 aliphatic rings. The van der Waals surface area contributed by atoms with E-state index in [1.165, 1.54) is 37.1 Å². The second-order valence-corrected chi connectivity index (χ2v) is 6.54. The van der Waals surface area contributed by atoms with E-state index < -0.39 is 0 Å². The first kappa shape index (κ1) is 14.8. The summed E-state index contributed by atoms with van der Waals surface area (Å²) in [6, 6.07) is 13.9. The van der Waals surface area contributed by atoms with E-state index in [2.05, 4.69) is 10.2 Å². The third-order valence-electron chi connectivity index (χ3n) is 4.94. The molecule has 1 aliphatic heterocycles. The lowest BCUT2D eigenvalue weighted by atomic mass is 9.95. The Bertz CT molecular complexity index is 619. The minimum absolute atomic E-state index is 0.0248. The lowest BCUT2D eigenvalue weighted by Gasteiger charge is -2.33. The van der Waals surface area contributed by atoms with E-state index in [9.17, 15) is 8.78 Å². The summed E-state index contributed by atoms with van der Waals surface area (Å²) in [6.07, 6.45) is 2.56. The van der Waals surface area contributed by atoms with Crippen LogP contribution in [0.15, 0.2) is 48.5 Å². The number of benzene rings is 2. The van der Waals surface area contributed by atoms with Crippen molar-refractivity contribution < 1.29 is 8.78 Å². The molecular formula is C19H20F2N2. The van der Waals surface area contributed by atoms with Gasteiger partial charge in [-0.15, -0.1) is 0 Å². The molecule has 1 unspecified atom stereocenters. The molecule has 1 saturated heterocycles. The molecule has 0 bridgehead atoms. The molecule has 2 aromatic rings. The van der Waals surface area contributed by atoms with Crippen LogP contribution in [0.5, 0.6) is 0 Å². The summed E-state index contributed by atoms with van der Waals surface area (Å²) in [7, 11) is 0. The lowest BCUT2D eigenvalue weighted by molar-refractivity contribution is 0.192. The van der Waals surface area contributed by atoms with Gasteiger partial charge < -0.3 is 5.32 Å². The molecule has 1 heterocycles. The van der Waals surface area contributed by atoms with Gasteiger partial charge in [0.15, 0.2) is 0 Å². The zero-order valence-electron chi connectivity index (χ0n) is 12.9. The first-order valence-electron chi connectivity index (χ1n) is 8.20. The van der Waals surface area contributed by atoms with E-state index >= 15 is 0 Å². The van der Waals surface area contributed by atoms with E-state index in [-0.39, 0.29) is 17.7 Å². The van der Waals surface area contributed by atoms with Crippen LogP contribution in [0.25, 0.3) is 0 Å². The van der Waals surface area contributed by atoms with Gasteiger partial charge in [0.05, 0.1) is 6.04 Å². The molecule has 23 heavy (non-hydrogen) atoms. The minimum Gasteiger partial charge on any atom is -0.303 e. The molecule has 2 aromatic carbocycles. The van der Waals surface area contributed by atoms with Gasteiger partial charge >= 0.3 is 0 Å². The minimum atomic E-state index is -0.232. The molecule has 1 saturated carbocycles. The van der Waals surface area contributed by atoms with Gasteiger partial charge in [0.25, 0.3) is 0 Å². The van der Waals surface area contributed by atoms with Crippen molar-refractivity contribution in [3.05, 3.63) is 71.3 Å². The largest absolute Gasteiger partial charge is 0.303 e. The van der Waals surface area contributed by atoms with Gasteiger partial charge in [-0.1, -0.05) is 24.3 Å². The summed E-state index contributed by atoms with van der Waals surface area (Å²) >= 11 is 0. The Labute approximate surface area is 135 Å². The average molecular weight is 314 g/mol. The van der Waals surface area contributed by atoms with Gasteiger partial charge in [0.1, 0.15) is 11.6 Å². The van der Waals surface area contributed by atoms with Gasteiger partial charge in [0, 0.05) is 19.3 Å². The molecule has 0 radical (unpaired) electrons. The fourth-order valence-corrected chi connectivity index (χ4v) is 3.64. The molecule has 1 atom stereocenters. The molecule has 4 rings (SSSR count). The maximum absolute atomic E-state index is 13.3. The second-order valence-electron chi connectivity index (χ2n) is 6.54. The monoisotopic (exact) mass is 314 g/mol. The molecule has 0 aromatic heterocycles. The standard InChI is InChI=1S/C19H20F2N2/c20-16-7-3-14(4-8-16)19(15-5-9-17(21)10-6-15)23-12-22-11-18(23)13-1-2-13/h3-10,13,18-19,22H,1-2,11-12H2. The maximum atomic E-state index is 13.3. The molecule has 1 N–H and O–H groups in total. The number of hydrogen-bond donors (Lipinski definition) is 1. The predicted octanol–water partition coefficient (Wildman–Crippen LogP) is 3.70. The first-order valence-corrected chi connectivity index (χ1v) is 8.20. The Morgan fingerprint density at radius 2 is 1.39 bits per heavy atom. The van der Waals surface area contributed by atoms with E-state index in [1.54, 1.807) is 0 Å². The highest BCUT2D eigenvalue weighted by atomic mass is 19.1. The van der Waals surface area contributed by atoms with Crippen molar-refractivity contribution >= 4 is 0 Å². The molecule has 2 nitrogen and oxygen atoms in total.